The standard InChI is InChI=1S/C13H11N5O/c1-2-4-11-8(3-1)10(6-19-11)17-12-9-5-16-18-13(9)15-7-14-12/h1-5,7,10H,6H2,(H2,14,15,16,17,18). The SMILES string of the molecule is c1ccc2c(c1)OCC2Nc1ncnc2[nH]ncc12. The highest BCUT2D eigenvalue weighted by atomic mass is 16.5. The first-order valence-corrected chi connectivity index (χ1v) is 6.04. The zero-order valence-electron chi connectivity index (χ0n) is 10.00. The average molecular weight is 253 g/mol. The Bertz CT molecular complexity index is 738. The van der Waals surface area contributed by atoms with Gasteiger partial charge < -0.3 is 10.1 Å². The van der Waals surface area contributed by atoms with Crippen molar-refractivity contribution in [2.75, 3.05) is 11.9 Å². The Morgan fingerprint density at radius 2 is 2.21 bits per heavy atom. The summed E-state index contributed by atoms with van der Waals surface area (Å²) in [5.74, 6) is 1.70. The number of benzene rings is 1. The third-order valence-electron chi connectivity index (χ3n) is 3.26. The Labute approximate surface area is 108 Å². The van der Waals surface area contributed by atoms with Crippen molar-refractivity contribution in [3.8, 4) is 5.75 Å². The van der Waals surface area contributed by atoms with Crippen LogP contribution in [0.1, 0.15) is 11.6 Å². The number of hydrogen-bond donors (Lipinski definition) is 2. The van der Waals surface area contributed by atoms with Gasteiger partial charge in [0.15, 0.2) is 5.65 Å². The molecule has 4 rings (SSSR count). The molecule has 1 aliphatic heterocycles. The van der Waals surface area contributed by atoms with E-state index in [1.807, 2.05) is 18.2 Å². The van der Waals surface area contributed by atoms with Crippen LogP contribution in [0.3, 0.4) is 0 Å². The molecule has 0 amide bonds. The molecule has 0 spiro atoms. The first-order chi connectivity index (χ1) is 9.42. The van der Waals surface area contributed by atoms with Crippen LogP contribution in [0.15, 0.2) is 36.8 Å². The van der Waals surface area contributed by atoms with Crippen molar-refractivity contribution in [1.82, 2.24) is 20.2 Å². The molecule has 0 fully saturated rings. The molecule has 1 aromatic carbocycles. The zero-order valence-corrected chi connectivity index (χ0v) is 10.00. The van der Waals surface area contributed by atoms with Crippen LogP contribution in [0.2, 0.25) is 0 Å². The maximum atomic E-state index is 5.65. The van der Waals surface area contributed by atoms with Gasteiger partial charge in [0.05, 0.1) is 17.6 Å². The molecule has 1 unspecified atom stereocenters. The van der Waals surface area contributed by atoms with Crippen LogP contribution in [0.4, 0.5) is 5.82 Å². The van der Waals surface area contributed by atoms with Gasteiger partial charge in [-0.1, -0.05) is 18.2 Å². The predicted octanol–water partition coefficient (Wildman–Crippen LogP) is 1.90. The average Bonchev–Trinajstić information content (AvgIpc) is 3.06. The Balaban J connectivity index is 1.71. The van der Waals surface area contributed by atoms with Gasteiger partial charge in [0.2, 0.25) is 0 Å². The molecule has 0 saturated heterocycles. The second-order valence-corrected chi connectivity index (χ2v) is 4.40. The minimum absolute atomic E-state index is 0.101. The van der Waals surface area contributed by atoms with Crippen molar-refractivity contribution >= 4 is 16.9 Å². The molecule has 1 aliphatic rings. The fourth-order valence-electron chi connectivity index (χ4n) is 2.33. The zero-order chi connectivity index (χ0) is 12.7. The number of hydrogen-bond acceptors (Lipinski definition) is 5. The number of H-pyrrole nitrogens is 1. The summed E-state index contributed by atoms with van der Waals surface area (Å²) < 4.78 is 5.65. The normalized spacial score (nSPS) is 17.2. The Kier molecular flexibility index (Phi) is 2.14. The molecule has 0 saturated carbocycles. The molecule has 3 heterocycles. The Morgan fingerprint density at radius 1 is 1.26 bits per heavy atom. The quantitative estimate of drug-likeness (QED) is 0.729. The van der Waals surface area contributed by atoms with E-state index in [9.17, 15) is 0 Å². The fourth-order valence-corrected chi connectivity index (χ4v) is 2.33. The molecule has 19 heavy (non-hydrogen) atoms. The van der Waals surface area contributed by atoms with E-state index in [0.717, 1.165) is 28.2 Å². The summed E-state index contributed by atoms with van der Waals surface area (Å²) in [4.78, 5) is 8.40. The van der Waals surface area contributed by atoms with Gasteiger partial charge in [0, 0.05) is 5.56 Å². The molecule has 94 valence electrons. The second kappa shape index (κ2) is 3.94. The third kappa shape index (κ3) is 1.61. The van der Waals surface area contributed by atoms with Gasteiger partial charge in [0.1, 0.15) is 24.5 Å². The lowest BCUT2D eigenvalue weighted by molar-refractivity contribution is 0.339. The lowest BCUT2D eigenvalue weighted by atomic mass is 10.1. The highest BCUT2D eigenvalue weighted by Crippen LogP contribution is 2.34. The highest BCUT2D eigenvalue weighted by molar-refractivity contribution is 5.85. The lowest BCUT2D eigenvalue weighted by Gasteiger charge is -2.12. The topological polar surface area (TPSA) is 75.7 Å². The number of ether oxygens (including phenoxy) is 1. The number of aromatic amines is 1. The minimum atomic E-state index is 0.101. The largest absolute Gasteiger partial charge is 0.491 e. The van der Waals surface area contributed by atoms with Crippen LogP contribution in [0.25, 0.3) is 11.0 Å². The molecule has 6 nitrogen and oxygen atoms in total. The molecule has 2 aromatic heterocycles. The first-order valence-electron chi connectivity index (χ1n) is 6.04. The number of nitrogens with one attached hydrogen (secondary N) is 2. The van der Waals surface area contributed by atoms with Crippen molar-refractivity contribution < 1.29 is 4.74 Å². The van der Waals surface area contributed by atoms with Crippen molar-refractivity contribution in [2.45, 2.75) is 6.04 Å². The Morgan fingerprint density at radius 3 is 3.21 bits per heavy atom. The maximum absolute atomic E-state index is 5.65. The number of para-hydroxylation sites is 1. The van der Waals surface area contributed by atoms with Crippen LogP contribution in [0.5, 0.6) is 5.75 Å². The van der Waals surface area contributed by atoms with Gasteiger partial charge in [-0.25, -0.2) is 9.97 Å². The molecular formula is C13H11N5O. The van der Waals surface area contributed by atoms with Gasteiger partial charge in [-0.05, 0) is 6.07 Å². The Hall–Kier alpha value is -2.63. The maximum Gasteiger partial charge on any atom is 0.160 e. The van der Waals surface area contributed by atoms with Crippen LogP contribution < -0.4 is 10.1 Å². The van der Waals surface area contributed by atoms with E-state index in [2.05, 4.69) is 31.5 Å². The summed E-state index contributed by atoms with van der Waals surface area (Å²) in [5.41, 5.74) is 1.88. The van der Waals surface area contributed by atoms with Crippen LogP contribution in [-0.2, 0) is 0 Å². The fraction of sp³-hybridized carbons (Fsp3) is 0.154. The summed E-state index contributed by atoms with van der Waals surface area (Å²) in [7, 11) is 0. The van der Waals surface area contributed by atoms with Crippen LogP contribution in [-0.4, -0.2) is 26.8 Å². The number of nitrogens with zero attached hydrogens (tertiary/aromatic N) is 3. The van der Waals surface area contributed by atoms with E-state index in [-0.39, 0.29) is 6.04 Å². The van der Waals surface area contributed by atoms with E-state index in [4.69, 9.17) is 4.74 Å². The van der Waals surface area contributed by atoms with E-state index >= 15 is 0 Å². The van der Waals surface area contributed by atoms with E-state index in [1.54, 1.807) is 6.20 Å². The minimum Gasteiger partial charge on any atom is -0.491 e. The molecule has 0 aliphatic carbocycles. The molecule has 0 bridgehead atoms. The molecule has 6 heteroatoms. The molecular weight excluding hydrogens is 242 g/mol. The molecule has 0 radical (unpaired) electrons. The van der Waals surface area contributed by atoms with Crippen LogP contribution in [0, 0.1) is 0 Å². The van der Waals surface area contributed by atoms with E-state index in [0.29, 0.717) is 6.61 Å². The van der Waals surface area contributed by atoms with Gasteiger partial charge in [-0.3, -0.25) is 5.10 Å². The van der Waals surface area contributed by atoms with Crippen LogP contribution >= 0.6 is 0 Å². The summed E-state index contributed by atoms with van der Waals surface area (Å²) in [6, 6.07) is 8.12. The van der Waals surface area contributed by atoms with Gasteiger partial charge >= 0.3 is 0 Å². The first kappa shape index (κ1) is 10.3. The van der Waals surface area contributed by atoms with Gasteiger partial charge in [0.25, 0.3) is 0 Å². The van der Waals surface area contributed by atoms with E-state index in [1.165, 1.54) is 6.33 Å². The monoisotopic (exact) mass is 253 g/mol. The molecule has 3 aromatic rings. The molecule has 1 atom stereocenters. The van der Waals surface area contributed by atoms with Gasteiger partial charge in [-0.15, -0.1) is 0 Å². The third-order valence-corrected chi connectivity index (χ3v) is 3.26. The van der Waals surface area contributed by atoms with E-state index < -0.39 is 0 Å². The summed E-state index contributed by atoms with van der Waals surface area (Å²) >= 11 is 0. The highest BCUT2D eigenvalue weighted by Gasteiger charge is 2.24. The van der Waals surface area contributed by atoms with Crippen molar-refractivity contribution in [3.63, 3.8) is 0 Å². The van der Waals surface area contributed by atoms with Crippen molar-refractivity contribution in [1.29, 1.82) is 0 Å². The number of rotatable bonds is 2. The molecule has 2 N–H and O–H groups in total. The second-order valence-electron chi connectivity index (χ2n) is 4.40. The lowest BCUT2D eigenvalue weighted by Crippen LogP contribution is -2.13. The predicted molar refractivity (Wildman–Crippen MR) is 70.0 cm³/mol. The summed E-state index contributed by atoms with van der Waals surface area (Å²) in [6.45, 7) is 0.600. The summed E-state index contributed by atoms with van der Waals surface area (Å²) in [5, 5.41) is 11.1. The number of anilines is 1. The van der Waals surface area contributed by atoms with Crippen molar-refractivity contribution in [2.24, 2.45) is 0 Å². The van der Waals surface area contributed by atoms with Crippen molar-refractivity contribution in [3.05, 3.63) is 42.4 Å². The number of fused-ring (bicyclic) bond motifs is 2. The smallest absolute Gasteiger partial charge is 0.160 e. The summed E-state index contributed by atoms with van der Waals surface area (Å²) in [6.07, 6.45) is 3.24. The number of aromatic nitrogens is 4. The van der Waals surface area contributed by atoms with Gasteiger partial charge in [-0.2, -0.15) is 5.10 Å².